The summed E-state index contributed by atoms with van der Waals surface area (Å²) in [7, 11) is 0. The first-order valence-corrected chi connectivity index (χ1v) is 9.81. The Bertz CT molecular complexity index is 834. The second kappa shape index (κ2) is 6.80. The number of piperazine rings is 1. The molecule has 1 fully saturated rings. The first-order valence-electron chi connectivity index (χ1n) is 7.80. The van der Waals surface area contributed by atoms with Crippen LogP contribution in [0.2, 0.25) is 4.34 Å². The molecule has 24 heavy (non-hydrogen) atoms. The lowest BCUT2D eigenvalue weighted by Crippen LogP contribution is -2.48. The summed E-state index contributed by atoms with van der Waals surface area (Å²) in [6.07, 6.45) is 0. The number of aromatic nitrogens is 1. The van der Waals surface area contributed by atoms with Crippen molar-refractivity contribution in [2.24, 2.45) is 0 Å². The molecule has 1 saturated heterocycles. The Balaban J connectivity index is 1.36. The molecule has 0 unspecified atom stereocenters. The van der Waals surface area contributed by atoms with E-state index in [-0.39, 0.29) is 5.91 Å². The van der Waals surface area contributed by atoms with Crippen LogP contribution in [-0.4, -0.2) is 46.9 Å². The maximum Gasteiger partial charge on any atom is 0.264 e. The van der Waals surface area contributed by atoms with E-state index in [0.717, 1.165) is 48.1 Å². The Morgan fingerprint density at radius 3 is 2.58 bits per heavy atom. The van der Waals surface area contributed by atoms with E-state index in [4.69, 9.17) is 16.6 Å². The highest BCUT2D eigenvalue weighted by Crippen LogP contribution is 2.25. The normalized spacial score (nSPS) is 16.0. The summed E-state index contributed by atoms with van der Waals surface area (Å²) in [5, 5.41) is 1.14. The van der Waals surface area contributed by atoms with Gasteiger partial charge in [0, 0.05) is 26.2 Å². The summed E-state index contributed by atoms with van der Waals surface area (Å²) >= 11 is 9.02. The number of halogens is 1. The molecule has 0 saturated carbocycles. The minimum atomic E-state index is 0.0894. The first kappa shape index (κ1) is 16.0. The maximum atomic E-state index is 12.4. The number of rotatable bonds is 3. The second-order valence-electron chi connectivity index (χ2n) is 5.75. The largest absolute Gasteiger partial charge is 0.335 e. The molecular formula is C17H16ClN3OS2. The zero-order valence-electron chi connectivity index (χ0n) is 12.9. The predicted octanol–water partition coefficient (Wildman–Crippen LogP) is 3.97. The number of hydrogen-bond acceptors (Lipinski definition) is 5. The molecule has 0 spiro atoms. The lowest BCUT2D eigenvalue weighted by atomic mass is 10.3. The van der Waals surface area contributed by atoms with Gasteiger partial charge in [-0.3, -0.25) is 9.69 Å². The van der Waals surface area contributed by atoms with Crippen LogP contribution in [0.5, 0.6) is 0 Å². The van der Waals surface area contributed by atoms with E-state index < -0.39 is 0 Å². The van der Waals surface area contributed by atoms with Crippen molar-refractivity contribution in [1.29, 1.82) is 0 Å². The van der Waals surface area contributed by atoms with Gasteiger partial charge in [-0.05, 0) is 24.3 Å². The fourth-order valence-corrected chi connectivity index (χ4v) is 4.89. The number of amides is 1. The molecule has 4 nitrogen and oxygen atoms in total. The number of fused-ring (bicyclic) bond motifs is 1. The monoisotopic (exact) mass is 377 g/mol. The van der Waals surface area contributed by atoms with E-state index in [1.54, 1.807) is 17.4 Å². The van der Waals surface area contributed by atoms with Gasteiger partial charge in [-0.2, -0.15) is 0 Å². The number of para-hydroxylation sites is 1. The predicted molar refractivity (Wildman–Crippen MR) is 100 cm³/mol. The number of thiophene rings is 1. The Kier molecular flexibility index (Phi) is 4.54. The average molecular weight is 378 g/mol. The number of thiazole rings is 1. The Hall–Kier alpha value is -1.47. The van der Waals surface area contributed by atoms with Crippen LogP contribution in [0.3, 0.4) is 0 Å². The molecule has 3 aromatic rings. The summed E-state index contributed by atoms with van der Waals surface area (Å²) in [4.78, 5) is 22.1. The first-order chi connectivity index (χ1) is 11.7. The van der Waals surface area contributed by atoms with E-state index in [2.05, 4.69) is 17.0 Å². The van der Waals surface area contributed by atoms with Crippen molar-refractivity contribution in [3.05, 3.63) is 50.6 Å². The second-order valence-corrected chi connectivity index (χ2v) is 8.58. The van der Waals surface area contributed by atoms with Gasteiger partial charge in [-0.1, -0.05) is 23.7 Å². The SMILES string of the molecule is O=C(c1ccc(Cl)s1)N1CCN(Cc2nc3ccccc3s2)CC1. The van der Waals surface area contributed by atoms with E-state index >= 15 is 0 Å². The van der Waals surface area contributed by atoms with Crippen LogP contribution in [0.1, 0.15) is 14.7 Å². The zero-order valence-corrected chi connectivity index (χ0v) is 15.3. The molecule has 1 amide bonds. The molecule has 1 aliphatic heterocycles. The summed E-state index contributed by atoms with van der Waals surface area (Å²) < 4.78 is 1.89. The molecule has 4 rings (SSSR count). The minimum Gasteiger partial charge on any atom is -0.335 e. The maximum absolute atomic E-state index is 12.4. The van der Waals surface area contributed by atoms with Crippen molar-refractivity contribution in [2.45, 2.75) is 6.54 Å². The fourth-order valence-electron chi connectivity index (χ4n) is 2.87. The third-order valence-electron chi connectivity index (χ3n) is 4.14. The van der Waals surface area contributed by atoms with Crippen LogP contribution < -0.4 is 0 Å². The zero-order chi connectivity index (χ0) is 16.5. The Morgan fingerprint density at radius 2 is 1.88 bits per heavy atom. The van der Waals surface area contributed by atoms with Crippen LogP contribution in [0.25, 0.3) is 10.2 Å². The lowest BCUT2D eigenvalue weighted by Gasteiger charge is -2.34. The van der Waals surface area contributed by atoms with Gasteiger partial charge in [0.1, 0.15) is 5.01 Å². The molecular weight excluding hydrogens is 362 g/mol. The van der Waals surface area contributed by atoms with Crippen molar-refractivity contribution in [3.63, 3.8) is 0 Å². The van der Waals surface area contributed by atoms with E-state index in [1.165, 1.54) is 16.0 Å². The molecule has 7 heteroatoms. The van der Waals surface area contributed by atoms with E-state index in [1.807, 2.05) is 23.1 Å². The quantitative estimate of drug-likeness (QED) is 0.693. The van der Waals surface area contributed by atoms with Crippen molar-refractivity contribution in [3.8, 4) is 0 Å². The topological polar surface area (TPSA) is 36.4 Å². The van der Waals surface area contributed by atoms with Crippen LogP contribution in [0.4, 0.5) is 0 Å². The van der Waals surface area contributed by atoms with Gasteiger partial charge in [0.2, 0.25) is 0 Å². The smallest absolute Gasteiger partial charge is 0.264 e. The van der Waals surface area contributed by atoms with Gasteiger partial charge in [0.05, 0.1) is 26.0 Å². The van der Waals surface area contributed by atoms with Gasteiger partial charge in [-0.25, -0.2) is 4.98 Å². The highest BCUT2D eigenvalue weighted by Gasteiger charge is 2.23. The summed E-state index contributed by atoms with van der Waals surface area (Å²) in [5.74, 6) is 0.0894. The van der Waals surface area contributed by atoms with Crippen molar-refractivity contribution in [1.82, 2.24) is 14.8 Å². The molecule has 0 aliphatic carbocycles. The molecule has 1 aliphatic rings. The summed E-state index contributed by atoms with van der Waals surface area (Å²) in [6, 6.07) is 11.8. The standard InChI is InChI=1S/C17H16ClN3OS2/c18-15-6-5-14(23-15)17(22)21-9-7-20(8-10-21)11-16-19-12-3-1-2-4-13(12)24-16/h1-6H,7-11H2. The number of carbonyl (C=O) groups excluding carboxylic acids is 1. The molecule has 0 N–H and O–H groups in total. The van der Waals surface area contributed by atoms with E-state index in [0.29, 0.717) is 4.34 Å². The average Bonchev–Trinajstić information content (AvgIpc) is 3.20. The fraction of sp³-hybridized carbons (Fsp3) is 0.294. The number of hydrogen-bond donors (Lipinski definition) is 0. The number of benzene rings is 1. The minimum absolute atomic E-state index is 0.0894. The molecule has 0 radical (unpaired) electrons. The third-order valence-corrected chi connectivity index (χ3v) is 6.38. The van der Waals surface area contributed by atoms with Crippen molar-refractivity contribution >= 4 is 50.4 Å². The molecule has 0 atom stereocenters. The molecule has 1 aromatic carbocycles. The van der Waals surface area contributed by atoms with Crippen LogP contribution >= 0.6 is 34.3 Å². The highest BCUT2D eigenvalue weighted by atomic mass is 35.5. The van der Waals surface area contributed by atoms with E-state index in [9.17, 15) is 4.79 Å². The highest BCUT2D eigenvalue weighted by molar-refractivity contribution is 7.18. The van der Waals surface area contributed by atoms with Gasteiger partial charge < -0.3 is 4.90 Å². The van der Waals surface area contributed by atoms with Gasteiger partial charge in [0.25, 0.3) is 5.91 Å². The summed E-state index contributed by atoms with van der Waals surface area (Å²) in [6.45, 7) is 4.10. The van der Waals surface area contributed by atoms with Crippen molar-refractivity contribution < 1.29 is 4.79 Å². The van der Waals surface area contributed by atoms with Gasteiger partial charge >= 0.3 is 0 Å². The van der Waals surface area contributed by atoms with Gasteiger partial charge in [-0.15, -0.1) is 22.7 Å². The van der Waals surface area contributed by atoms with Crippen LogP contribution in [0.15, 0.2) is 36.4 Å². The number of nitrogens with zero attached hydrogens (tertiary/aromatic N) is 3. The van der Waals surface area contributed by atoms with Crippen LogP contribution in [0, 0.1) is 0 Å². The lowest BCUT2D eigenvalue weighted by molar-refractivity contribution is 0.0633. The number of carbonyl (C=O) groups is 1. The molecule has 3 heterocycles. The van der Waals surface area contributed by atoms with Crippen LogP contribution in [-0.2, 0) is 6.54 Å². The van der Waals surface area contributed by atoms with Crippen molar-refractivity contribution in [2.75, 3.05) is 26.2 Å². The summed E-state index contributed by atoms with van der Waals surface area (Å²) in [5.41, 5.74) is 1.07. The Labute approximate surface area is 153 Å². The van der Waals surface area contributed by atoms with Gasteiger partial charge in [0.15, 0.2) is 0 Å². The molecule has 124 valence electrons. The molecule has 0 bridgehead atoms. The molecule has 2 aromatic heterocycles. The third kappa shape index (κ3) is 3.32. The Morgan fingerprint density at radius 1 is 1.08 bits per heavy atom.